The van der Waals surface area contributed by atoms with Gasteiger partial charge < -0.3 is 28.0 Å². The van der Waals surface area contributed by atoms with Crippen molar-refractivity contribution in [2.75, 3.05) is 39.0 Å². The largest absolute Gasteiger partial charge is 0.497 e. The van der Waals surface area contributed by atoms with E-state index in [9.17, 15) is 35.1 Å². The Balaban J connectivity index is 1.60. The minimum atomic E-state index is -2.09. The number of unbranched alkanes of at least 4 members (excludes halogenated alkanes) is 3. The molecular formula is C51H62N7O13P. The third-order valence-corrected chi connectivity index (χ3v) is 14.1. The molecule has 0 aliphatic carbocycles. The van der Waals surface area contributed by atoms with Gasteiger partial charge in [-0.15, -0.1) is 0 Å². The third-order valence-electron chi connectivity index (χ3n) is 12.0. The number of nitro groups is 2. The van der Waals surface area contributed by atoms with E-state index in [4.69, 9.17) is 32.8 Å². The minimum Gasteiger partial charge on any atom is -0.497 e. The van der Waals surface area contributed by atoms with E-state index in [1.807, 2.05) is 118 Å². The lowest BCUT2D eigenvalue weighted by molar-refractivity contribution is -0.393. The van der Waals surface area contributed by atoms with Crippen molar-refractivity contribution in [2.24, 2.45) is 0 Å². The molecule has 1 aliphatic heterocycles. The van der Waals surface area contributed by atoms with Gasteiger partial charge in [0.25, 0.3) is 19.8 Å². The minimum absolute atomic E-state index is 0.00811. The van der Waals surface area contributed by atoms with Crippen LogP contribution in [-0.4, -0.2) is 88.4 Å². The molecule has 0 bridgehead atoms. The van der Waals surface area contributed by atoms with Crippen LogP contribution in [0.15, 0.2) is 119 Å². The van der Waals surface area contributed by atoms with Crippen LogP contribution < -0.4 is 25.8 Å². The number of aromatic amines is 1. The van der Waals surface area contributed by atoms with Crippen LogP contribution in [0.2, 0.25) is 0 Å². The zero-order valence-corrected chi connectivity index (χ0v) is 42.3. The molecule has 4 aromatic carbocycles. The van der Waals surface area contributed by atoms with Crippen molar-refractivity contribution in [1.29, 1.82) is 5.26 Å². The molecule has 1 aliphatic rings. The van der Waals surface area contributed by atoms with Gasteiger partial charge in [0.2, 0.25) is 0 Å². The Morgan fingerprint density at radius 3 is 2.00 bits per heavy atom. The highest BCUT2D eigenvalue weighted by Gasteiger charge is 2.53. The highest BCUT2D eigenvalue weighted by atomic mass is 31.2. The topological polar surface area (TPSA) is 236 Å². The Morgan fingerprint density at radius 1 is 0.833 bits per heavy atom. The van der Waals surface area contributed by atoms with Crippen LogP contribution in [-0.2, 0) is 29.0 Å². The number of H-pyrrole nitrogens is 1. The fraction of sp³-hybridized carbons (Fsp3) is 0.431. The van der Waals surface area contributed by atoms with Crippen molar-refractivity contribution >= 4 is 25.6 Å². The monoisotopic (exact) mass is 1010 g/mol. The van der Waals surface area contributed by atoms with Crippen LogP contribution in [0.4, 0.5) is 17.1 Å². The molecule has 5 aromatic rings. The Morgan fingerprint density at radius 2 is 1.46 bits per heavy atom. The number of rotatable bonds is 27. The van der Waals surface area contributed by atoms with Crippen molar-refractivity contribution in [3.05, 3.63) is 167 Å². The van der Waals surface area contributed by atoms with Gasteiger partial charge in [-0.2, -0.15) is 5.26 Å². The van der Waals surface area contributed by atoms with E-state index in [1.54, 1.807) is 14.2 Å². The molecule has 1 N–H and O–H groups in total. The van der Waals surface area contributed by atoms with E-state index >= 15 is 0 Å². The molecule has 21 heteroatoms. The van der Waals surface area contributed by atoms with E-state index in [2.05, 4.69) is 11.1 Å². The molecule has 0 radical (unpaired) electrons. The van der Waals surface area contributed by atoms with Gasteiger partial charge in [-0.25, -0.2) is 14.5 Å². The number of nitriles is 1. The number of aromatic nitrogens is 2. The Hall–Kier alpha value is -6.56. The number of hydroxylamine groups is 1. The Labute approximate surface area is 419 Å². The fourth-order valence-electron chi connectivity index (χ4n) is 8.65. The molecule has 2 heterocycles. The highest BCUT2D eigenvalue weighted by molar-refractivity contribution is 7.44. The smallest absolute Gasteiger partial charge is 0.330 e. The molecule has 5 atom stereocenters. The summed E-state index contributed by atoms with van der Waals surface area (Å²) in [4.78, 5) is 59.1. The van der Waals surface area contributed by atoms with Gasteiger partial charge in [-0.1, -0.05) is 80.8 Å². The van der Waals surface area contributed by atoms with Gasteiger partial charge in [0.15, 0.2) is 12.3 Å². The molecule has 1 aromatic heterocycles. The molecular weight excluding hydrogens is 950 g/mol. The lowest BCUT2D eigenvalue weighted by atomic mass is 9.80. The quantitative estimate of drug-likeness (QED) is 0.0170. The maximum atomic E-state index is 13.9. The van der Waals surface area contributed by atoms with Crippen LogP contribution >= 0.6 is 8.53 Å². The number of nitrogens with one attached hydrogen (secondary N) is 1. The Bertz CT molecular complexity index is 2660. The van der Waals surface area contributed by atoms with Crippen LogP contribution in [0.3, 0.4) is 0 Å². The number of benzene rings is 4. The molecule has 0 amide bonds. The number of nitrogens with zero attached hydrogens (tertiary/aromatic N) is 6. The summed E-state index contributed by atoms with van der Waals surface area (Å²) in [5.41, 5.74) is -1.99. The second-order valence-electron chi connectivity index (χ2n) is 17.4. The number of ether oxygens (including phenoxy) is 4. The standard InChI is InChI=1S/C51H62N7O13P/c1-8-9-10-14-30-55(43-27-22-40(57(61)62)33-44(43)58(63)64)70-48-47(71-72(68-32-15-29-52)56(35(2)3)36(4)5)45(69-49(48)54-31-28-46(59)53-50(54)60)34-67-51(37-16-12-11-13-17-37,38-18-23-41(65-6)24-19-38)39-20-25-42(66-7)26-21-39/h11-13,16-28,31,33,35-36,45,47-49H,8-10,14-15,30,32,34H2,1-7H3,(H,53,59,60)/t45-,47-,48-,49-,72?/m1/s1. The number of nitro benzene ring substituents is 2. The SMILES string of the molecule is CCCCCCN(O[C@@H]1[C@H](OP(OCCC#N)N(C(C)C)C(C)C)[C@@H](COC(c2ccccc2)(c2ccc(OC)cc2)c2ccc(OC)cc2)O[C@H]1n1ccc(=O)[nH]c1=O)c1ccc([N+](=O)[O-])cc1[N+](=O)[O-]. The normalized spacial score (nSPS) is 17.2. The number of non-ortho nitro benzene ring substituents is 1. The van der Waals surface area contributed by atoms with E-state index in [0.717, 1.165) is 41.2 Å². The van der Waals surface area contributed by atoms with Crippen molar-refractivity contribution in [3.63, 3.8) is 0 Å². The first-order valence-corrected chi connectivity index (χ1v) is 24.9. The first kappa shape index (κ1) is 54.8. The lowest BCUT2D eigenvalue weighted by Gasteiger charge is -2.40. The van der Waals surface area contributed by atoms with Crippen molar-refractivity contribution < 1.29 is 42.7 Å². The number of anilines is 1. The summed E-state index contributed by atoms with van der Waals surface area (Å²) < 4.78 is 42.3. The predicted molar refractivity (Wildman–Crippen MR) is 270 cm³/mol. The van der Waals surface area contributed by atoms with Crippen molar-refractivity contribution in [2.45, 2.75) is 109 Å². The maximum absolute atomic E-state index is 13.9. The highest BCUT2D eigenvalue weighted by Crippen LogP contribution is 2.52. The van der Waals surface area contributed by atoms with Crippen LogP contribution in [0, 0.1) is 31.6 Å². The average molecular weight is 1010 g/mol. The Kier molecular flexibility index (Phi) is 19.6. The molecule has 1 saturated heterocycles. The van der Waals surface area contributed by atoms with E-state index in [0.29, 0.717) is 35.5 Å². The van der Waals surface area contributed by atoms with Crippen LogP contribution in [0.1, 0.15) is 89.6 Å². The van der Waals surface area contributed by atoms with Crippen molar-refractivity contribution in [3.8, 4) is 17.6 Å². The number of methoxy groups -OCH3 is 2. The summed E-state index contributed by atoms with van der Waals surface area (Å²) in [6, 6.07) is 30.6. The van der Waals surface area contributed by atoms with Gasteiger partial charge in [0, 0.05) is 37.0 Å². The van der Waals surface area contributed by atoms with Gasteiger partial charge >= 0.3 is 11.4 Å². The molecule has 1 fully saturated rings. The van der Waals surface area contributed by atoms with Gasteiger partial charge in [0.1, 0.15) is 35.0 Å². The predicted octanol–water partition coefficient (Wildman–Crippen LogP) is 9.32. The van der Waals surface area contributed by atoms with Gasteiger partial charge in [0.05, 0.1) is 55.8 Å². The summed E-state index contributed by atoms with van der Waals surface area (Å²) in [7, 11) is 1.05. The molecule has 72 heavy (non-hydrogen) atoms. The fourth-order valence-corrected chi connectivity index (χ4v) is 10.4. The number of hydrogen-bond acceptors (Lipinski definition) is 16. The van der Waals surface area contributed by atoms with E-state index < -0.39 is 71.1 Å². The number of hydrogen-bond donors (Lipinski definition) is 1. The van der Waals surface area contributed by atoms with E-state index in [-0.39, 0.29) is 44.0 Å². The molecule has 384 valence electrons. The lowest BCUT2D eigenvalue weighted by Crippen LogP contribution is -2.46. The molecule has 0 saturated carbocycles. The van der Waals surface area contributed by atoms with Crippen LogP contribution in [0.25, 0.3) is 0 Å². The second kappa shape index (κ2) is 25.7. The molecule has 1 unspecified atom stereocenters. The van der Waals surface area contributed by atoms with Crippen LogP contribution in [0.5, 0.6) is 11.5 Å². The first-order valence-electron chi connectivity index (χ1n) is 23.7. The average Bonchev–Trinajstić information content (AvgIpc) is 3.70. The zero-order valence-electron chi connectivity index (χ0n) is 41.5. The summed E-state index contributed by atoms with van der Waals surface area (Å²) in [6.07, 6.45) is -1.04. The summed E-state index contributed by atoms with van der Waals surface area (Å²) in [6.45, 7) is 9.69. The maximum Gasteiger partial charge on any atom is 0.330 e. The van der Waals surface area contributed by atoms with Gasteiger partial charge in [-0.05, 0) is 81.1 Å². The molecule has 0 spiro atoms. The first-order chi connectivity index (χ1) is 34.7. The summed E-state index contributed by atoms with van der Waals surface area (Å²) in [5.74, 6) is 1.21. The van der Waals surface area contributed by atoms with Crippen molar-refractivity contribution in [1.82, 2.24) is 14.2 Å². The second-order valence-corrected chi connectivity index (χ2v) is 18.8. The molecule has 6 rings (SSSR count). The van der Waals surface area contributed by atoms with Gasteiger partial charge in [-0.3, -0.25) is 39.4 Å². The zero-order chi connectivity index (χ0) is 52.0. The summed E-state index contributed by atoms with van der Waals surface area (Å²) in [5, 5.41) is 35.6. The molecule has 20 nitrogen and oxygen atoms in total. The van der Waals surface area contributed by atoms with E-state index in [1.165, 1.54) is 17.3 Å². The third kappa shape index (κ3) is 12.9. The summed E-state index contributed by atoms with van der Waals surface area (Å²) >= 11 is 0.